The molecule has 154 valence electrons. The molecule has 6 nitrogen and oxygen atoms in total. The summed E-state index contributed by atoms with van der Waals surface area (Å²) in [4.78, 5) is 29.4. The number of piperazine rings is 1. The van der Waals surface area contributed by atoms with E-state index in [1.807, 2.05) is 55.5 Å². The quantitative estimate of drug-likeness (QED) is 0.513. The molecule has 1 saturated heterocycles. The van der Waals surface area contributed by atoms with Crippen molar-refractivity contribution in [2.75, 3.05) is 50.5 Å². The van der Waals surface area contributed by atoms with Gasteiger partial charge in [-0.2, -0.15) is 0 Å². The summed E-state index contributed by atoms with van der Waals surface area (Å²) in [5, 5.41) is 0. The van der Waals surface area contributed by atoms with E-state index in [1.165, 1.54) is 11.8 Å². The Labute approximate surface area is 175 Å². The summed E-state index contributed by atoms with van der Waals surface area (Å²) >= 11 is 1.43. The molecule has 3 rings (SSSR count). The molecule has 0 atom stereocenters. The number of esters is 1. The minimum absolute atomic E-state index is 0.145. The maximum atomic E-state index is 12.4. The summed E-state index contributed by atoms with van der Waals surface area (Å²) in [5.74, 6) is 0.505. The highest BCUT2D eigenvalue weighted by Crippen LogP contribution is 2.22. The predicted octanol–water partition coefficient (Wildman–Crippen LogP) is 2.99. The van der Waals surface area contributed by atoms with Gasteiger partial charge in [0.1, 0.15) is 5.75 Å². The Balaban J connectivity index is 1.39. The van der Waals surface area contributed by atoms with Crippen molar-refractivity contribution in [3.63, 3.8) is 0 Å². The SMILES string of the molecule is COc1ccc(N2CCN(C(=O)COC(=O)CSc3ccccc3C)CC2)cc1. The summed E-state index contributed by atoms with van der Waals surface area (Å²) in [6.07, 6.45) is 0. The Morgan fingerprint density at radius 2 is 1.69 bits per heavy atom. The van der Waals surface area contributed by atoms with E-state index in [0.29, 0.717) is 13.1 Å². The normalized spacial score (nSPS) is 13.9. The minimum atomic E-state index is -0.372. The Hall–Kier alpha value is -2.67. The molecule has 0 aliphatic carbocycles. The Morgan fingerprint density at radius 3 is 2.34 bits per heavy atom. The third-order valence-electron chi connectivity index (χ3n) is 4.87. The fourth-order valence-electron chi connectivity index (χ4n) is 3.14. The van der Waals surface area contributed by atoms with Gasteiger partial charge in [-0.05, 0) is 42.8 Å². The van der Waals surface area contributed by atoms with E-state index in [1.54, 1.807) is 12.0 Å². The highest BCUT2D eigenvalue weighted by molar-refractivity contribution is 8.00. The molecule has 2 aromatic rings. The number of ether oxygens (including phenoxy) is 2. The van der Waals surface area contributed by atoms with E-state index in [9.17, 15) is 9.59 Å². The van der Waals surface area contributed by atoms with Gasteiger partial charge in [-0.1, -0.05) is 18.2 Å². The van der Waals surface area contributed by atoms with Gasteiger partial charge >= 0.3 is 5.97 Å². The molecule has 0 saturated carbocycles. The molecule has 0 radical (unpaired) electrons. The molecule has 1 amide bonds. The number of carbonyl (C=O) groups excluding carboxylic acids is 2. The number of hydrogen-bond acceptors (Lipinski definition) is 6. The van der Waals surface area contributed by atoms with Crippen molar-refractivity contribution in [1.82, 2.24) is 4.90 Å². The van der Waals surface area contributed by atoms with Crippen molar-refractivity contribution in [3.05, 3.63) is 54.1 Å². The first-order valence-corrected chi connectivity index (χ1v) is 10.6. The van der Waals surface area contributed by atoms with Crippen LogP contribution < -0.4 is 9.64 Å². The van der Waals surface area contributed by atoms with Gasteiger partial charge in [-0.15, -0.1) is 11.8 Å². The van der Waals surface area contributed by atoms with Crippen LogP contribution in [0, 0.1) is 6.92 Å². The number of thioether (sulfide) groups is 1. The molecule has 7 heteroatoms. The molecular formula is C22H26N2O4S. The second kappa shape index (κ2) is 10.2. The lowest BCUT2D eigenvalue weighted by molar-refractivity contribution is -0.150. The highest BCUT2D eigenvalue weighted by atomic mass is 32.2. The van der Waals surface area contributed by atoms with Crippen LogP contribution in [0.1, 0.15) is 5.56 Å². The van der Waals surface area contributed by atoms with Crippen LogP contribution in [0.3, 0.4) is 0 Å². The molecule has 1 aliphatic heterocycles. The van der Waals surface area contributed by atoms with E-state index >= 15 is 0 Å². The van der Waals surface area contributed by atoms with Gasteiger partial charge < -0.3 is 19.3 Å². The molecule has 0 spiro atoms. The van der Waals surface area contributed by atoms with Gasteiger partial charge in [0, 0.05) is 36.8 Å². The molecule has 0 bridgehead atoms. The number of hydrogen-bond donors (Lipinski definition) is 0. The van der Waals surface area contributed by atoms with Crippen LogP contribution in [-0.4, -0.2) is 62.4 Å². The number of carbonyl (C=O) groups is 2. The second-order valence-electron chi connectivity index (χ2n) is 6.78. The van der Waals surface area contributed by atoms with Crippen LogP contribution in [-0.2, 0) is 14.3 Å². The smallest absolute Gasteiger partial charge is 0.316 e. The van der Waals surface area contributed by atoms with E-state index in [4.69, 9.17) is 9.47 Å². The first-order valence-electron chi connectivity index (χ1n) is 9.57. The largest absolute Gasteiger partial charge is 0.497 e. The monoisotopic (exact) mass is 414 g/mol. The third kappa shape index (κ3) is 5.90. The van der Waals surface area contributed by atoms with Crippen molar-refractivity contribution >= 4 is 29.3 Å². The maximum Gasteiger partial charge on any atom is 0.316 e. The molecule has 1 aliphatic rings. The average Bonchev–Trinajstić information content (AvgIpc) is 2.77. The zero-order chi connectivity index (χ0) is 20.6. The van der Waals surface area contributed by atoms with Crippen molar-refractivity contribution in [3.8, 4) is 5.75 Å². The first kappa shape index (κ1) is 21.0. The Kier molecular flexibility index (Phi) is 7.41. The maximum absolute atomic E-state index is 12.4. The summed E-state index contributed by atoms with van der Waals surface area (Å²) in [7, 11) is 1.65. The van der Waals surface area contributed by atoms with Crippen LogP contribution in [0.5, 0.6) is 5.75 Å². The number of rotatable bonds is 7. The highest BCUT2D eigenvalue weighted by Gasteiger charge is 2.22. The summed E-state index contributed by atoms with van der Waals surface area (Å²) < 4.78 is 10.4. The Morgan fingerprint density at radius 1 is 1.00 bits per heavy atom. The van der Waals surface area contributed by atoms with E-state index in [-0.39, 0.29) is 24.2 Å². The number of anilines is 1. The fraction of sp³-hybridized carbons (Fsp3) is 0.364. The minimum Gasteiger partial charge on any atom is -0.497 e. The number of amides is 1. The molecule has 1 fully saturated rings. The van der Waals surface area contributed by atoms with Crippen LogP contribution in [0.2, 0.25) is 0 Å². The molecular weight excluding hydrogens is 388 g/mol. The van der Waals surface area contributed by atoms with Crippen molar-refractivity contribution in [2.24, 2.45) is 0 Å². The molecule has 1 heterocycles. The van der Waals surface area contributed by atoms with Gasteiger partial charge in [0.05, 0.1) is 12.9 Å². The summed E-state index contributed by atoms with van der Waals surface area (Å²) in [6.45, 7) is 4.52. The number of aryl methyl sites for hydroxylation is 1. The van der Waals surface area contributed by atoms with Crippen LogP contribution in [0.25, 0.3) is 0 Å². The van der Waals surface area contributed by atoms with Crippen LogP contribution in [0.4, 0.5) is 5.69 Å². The zero-order valence-electron chi connectivity index (χ0n) is 16.8. The average molecular weight is 415 g/mol. The molecule has 29 heavy (non-hydrogen) atoms. The topological polar surface area (TPSA) is 59.1 Å². The molecule has 0 N–H and O–H groups in total. The second-order valence-corrected chi connectivity index (χ2v) is 7.80. The van der Waals surface area contributed by atoms with Gasteiger partial charge in [0.15, 0.2) is 6.61 Å². The van der Waals surface area contributed by atoms with Gasteiger partial charge in [0.2, 0.25) is 0 Å². The summed E-state index contributed by atoms with van der Waals surface area (Å²) in [6, 6.07) is 15.8. The first-order chi connectivity index (χ1) is 14.1. The van der Waals surface area contributed by atoms with Gasteiger partial charge in [-0.25, -0.2) is 0 Å². The lowest BCUT2D eigenvalue weighted by Gasteiger charge is -2.36. The van der Waals surface area contributed by atoms with Crippen LogP contribution >= 0.6 is 11.8 Å². The van der Waals surface area contributed by atoms with E-state index in [0.717, 1.165) is 35.0 Å². The fourth-order valence-corrected chi connectivity index (χ4v) is 3.96. The third-order valence-corrected chi connectivity index (χ3v) is 6.01. The van der Waals surface area contributed by atoms with E-state index < -0.39 is 0 Å². The van der Waals surface area contributed by atoms with E-state index in [2.05, 4.69) is 4.90 Å². The molecule has 2 aromatic carbocycles. The molecule has 0 aromatic heterocycles. The number of benzene rings is 2. The van der Waals surface area contributed by atoms with Gasteiger partial charge in [-0.3, -0.25) is 9.59 Å². The van der Waals surface area contributed by atoms with Crippen LogP contribution in [0.15, 0.2) is 53.4 Å². The Bertz CT molecular complexity index is 833. The molecule has 0 unspecified atom stereocenters. The van der Waals surface area contributed by atoms with Gasteiger partial charge in [0.25, 0.3) is 5.91 Å². The standard InChI is InChI=1S/C22H26N2O4S/c1-17-5-3-4-6-20(17)29-16-22(26)28-15-21(25)24-13-11-23(12-14-24)18-7-9-19(27-2)10-8-18/h3-10H,11-16H2,1-2H3. The zero-order valence-corrected chi connectivity index (χ0v) is 17.6. The predicted molar refractivity (Wildman–Crippen MR) is 115 cm³/mol. The number of methoxy groups -OCH3 is 1. The number of nitrogens with zero attached hydrogens (tertiary/aromatic N) is 2. The summed E-state index contributed by atoms with van der Waals surface area (Å²) in [5.41, 5.74) is 2.23. The van der Waals surface area contributed by atoms with Crippen molar-refractivity contribution < 1.29 is 19.1 Å². The lowest BCUT2D eigenvalue weighted by Crippen LogP contribution is -2.49. The van der Waals surface area contributed by atoms with Crippen molar-refractivity contribution in [2.45, 2.75) is 11.8 Å². The van der Waals surface area contributed by atoms with Crippen molar-refractivity contribution in [1.29, 1.82) is 0 Å². The lowest BCUT2D eigenvalue weighted by atomic mass is 10.2.